The van der Waals surface area contributed by atoms with Crippen molar-refractivity contribution in [1.82, 2.24) is 30.2 Å². The Balaban J connectivity index is 1.89. The van der Waals surface area contributed by atoms with E-state index in [1.807, 2.05) is 30.6 Å². The molecule has 0 saturated carbocycles. The van der Waals surface area contributed by atoms with Crippen LogP contribution in [0.5, 0.6) is 0 Å². The van der Waals surface area contributed by atoms with E-state index in [1.165, 1.54) is 0 Å². The molecule has 116 valence electrons. The molecule has 0 aliphatic rings. The number of aromatic nitrogens is 6. The van der Waals surface area contributed by atoms with Gasteiger partial charge in [-0.25, -0.2) is 4.98 Å². The normalized spacial score (nSPS) is 12.3. The number of aromatic amines is 1. The first-order valence-corrected chi connectivity index (χ1v) is 7.07. The van der Waals surface area contributed by atoms with Crippen LogP contribution in [0.4, 0.5) is 5.69 Å². The molecule has 2 aromatic heterocycles. The van der Waals surface area contributed by atoms with Crippen molar-refractivity contribution in [1.29, 1.82) is 5.26 Å². The zero-order valence-corrected chi connectivity index (χ0v) is 13.1. The van der Waals surface area contributed by atoms with Gasteiger partial charge in [-0.05, 0) is 44.2 Å². The maximum Gasteiger partial charge on any atom is 0.216 e. The molecule has 2 N–H and O–H groups in total. The summed E-state index contributed by atoms with van der Waals surface area (Å²) in [5.74, 6) is 0.248. The number of allylic oxidation sites excluding steroid dienone is 1. The van der Waals surface area contributed by atoms with Crippen molar-refractivity contribution < 1.29 is 0 Å². The van der Waals surface area contributed by atoms with Gasteiger partial charge < -0.3 is 9.88 Å². The third-order valence-electron chi connectivity index (χ3n) is 3.36. The lowest BCUT2D eigenvalue weighted by Crippen LogP contribution is -2.20. The quantitative estimate of drug-likeness (QED) is 0.719. The first kappa shape index (κ1) is 14.7. The predicted molar refractivity (Wildman–Crippen MR) is 86.1 cm³/mol. The van der Waals surface area contributed by atoms with E-state index in [4.69, 9.17) is 5.26 Å². The van der Waals surface area contributed by atoms with E-state index >= 15 is 0 Å². The average Bonchev–Trinajstić information content (AvgIpc) is 3.16. The van der Waals surface area contributed by atoms with Gasteiger partial charge in [-0.3, -0.25) is 0 Å². The number of hydrogen-bond acceptors (Lipinski definition) is 6. The van der Waals surface area contributed by atoms with Gasteiger partial charge in [0.2, 0.25) is 5.82 Å². The SMILES string of the molecule is CC(C)(C)n1cnc2cc(NC=C(C#N)c3nn[nH]n3)ccc21. The number of rotatable bonds is 3. The highest BCUT2D eigenvalue weighted by Crippen LogP contribution is 2.24. The Kier molecular flexibility index (Phi) is 3.54. The minimum Gasteiger partial charge on any atom is -0.360 e. The molecule has 3 rings (SSSR count). The molecule has 1 aromatic carbocycles. The fraction of sp³-hybridized carbons (Fsp3) is 0.267. The zero-order chi connectivity index (χ0) is 16.4. The van der Waals surface area contributed by atoms with E-state index in [9.17, 15) is 0 Å². The Labute approximate surface area is 132 Å². The Hall–Kier alpha value is -3.21. The smallest absolute Gasteiger partial charge is 0.216 e. The molecule has 0 bridgehead atoms. The van der Waals surface area contributed by atoms with E-state index in [1.54, 1.807) is 6.20 Å². The van der Waals surface area contributed by atoms with Gasteiger partial charge in [-0.2, -0.15) is 10.5 Å². The molecule has 0 aliphatic heterocycles. The Bertz CT molecular complexity index is 890. The number of imidazole rings is 1. The van der Waals surface area contributed by atoms with Gasteiger partial charge in [-0.1, -0.05) is 0 Å². The number of nitrogens with zero attached hydrogens (tertiary/aromatic N) is 6. The summed E-state index contributed by atoms with van der Waals surface area (Å²) in [6, 6.07) is 7.90. The maximum absolute atomic E-state index is 9.14. The molecule has 8 heteroatoms. The van der Waals surface area contributed by atoms with Gasteiger partial charge in [0.25, 0.3) is 0 Å². The van der Waals surface area contributed by atoms with Crippen LogP contribution in [0.3, 0.4) is 0 Å². The predicted octanol–water partition coefficient (Wildman–Crippen LogP) is 2.28. The van der Waals surface area contributed by atoms with Crippen LogP contribution in [-0.2, 0) is 5.54 Å². The van der Waals surface area contributed by atoms with Crippen molar-refractivity contribution in [2.45, 2.75) is 26.3 Å². The first-order valence-electron chi connectivity index (χ1n) is 7.07. The molecule has 0 aliphatic carbocycles. The van der Waals surface area contributed by atoms with Crippen molar-refractivity contribution >= 4 is 22.3 Å². The van der Waals surface area contributed by atoms with Crippen LogP contribution in [0.25, 0.3) is 16.6 Å². The van der Waals surface area contributed by atoms with Crippen molar-refractivity contribution in [2.24, 2.45) is 0 Å². The molecule has 0 unspecified atom stereocenters. The fourth-order valence-electron chi connectivity index (χ4n) is 2.22. The van der Waals surface area contributed by atoms with E-state index in [0.29, 0.717) is 5.57 Å². The number of nitrogens with one attached hydrogen (secondary N) is 2. The first-order chi connectivity index (χ1) is 11.0. The van der Waals surface area contributed by atoms with Crippen molar-refractivity contribution in [2.75, 3.05) is 5.32 Å². The van der Waals surface area contributed by atoms with Gasteiger partial charge in [0.1, 0.15) is 11.6 Å². The van der Waals surface area contributed by atoms with Crippen molar-refractivity contribution in [3.63, 3.8) is 0 Å². The average molecular weight is 308 g/mol. The van der Waals surface area contributed by atoms with Crippen LogP contribution in [0.15, 0.2) is 30.7 Å². The van der Waals surface area contributed by atoms with Gasteiger partial charge in [0.05, 0.1) is 17.4 Å². The van der Waals surface area contributed by atoms with Crippen molar-refractivity contribution in [3.8, 4) is 6.07 Å². The topological polar surface area (TPSA) is 108 Å². The Morgan fingerprint density at radius 2 is 2.22 bits per heavy atom. The third-order valence-corrected chi connectivity index (χ3v) is 3.36. The molecule has 2 heterocycles. The van der Waals surface area contributed by atoms with Gasteiger partial charge in [0.15, 0.2) is 0 Å². The molecule has 0 saturated heterocycles. The number of fused-ring (bicyclic) bond motifs is 1. The van der Waals surface area contributed by atoms with Crippen LogP contribution in [-0.4, -0.2) is 30.2 Å². The van der Waals surface area contributed by atoms with Gasteiger partial charge in [-0.15, -0.1) is 10.2 Å². The maximum atomic E-state index is 9.14. The molecule has 0 spiro atoms. The van der Waals surface area contributed by atoms with Crippen LogP contribution < -0.4 is 5.32 Å². The van der Waals surface area contributed by atoms with Crippen LogP contribution in [0.1, 0.15) is 26.6 Å². The lowest BCUT2D eigenvalue weighted by Gasteiger charge is -2.21. The van der Waals surface area contributed by atoms with Gasteiger partial charge >= 0.3 is 0 Å². The second-order valence-corrected chi connectivity index (χ2v) is 6.04. The summed E-state index contributed by atoms with van der Waals surface area (Å²) in [5, 5.41) is 25.6. The summed E-state index contributed by atoms with van der Waals surface area (Å²) >= 11 is 0. The van der Waals surface area contributed by atoms with E-state index < -0.39 is 0 Å². The lowest BCUT2D eigenvalue weighted by molar-refractivity contribution is 0.408. The summed E-state index contributed by atoms with van der Waals surface area (Å²) < 4.78 is 2.13. The number of H-pyrrole nitrogens is 1. The highest BCUT2D eigenvalue weighted by Gasteiger charge is 2.15. The van der Waals surface area contributed by atoms with Crippen molar-refractivity contribution in [3.05, 3.63) is 36.6 Å². The number of tetrazole rings is 1. The highest BCUT2D eigenvalue weighted by atomic mass is 15.5. The monoisotopic (exact) mass is 308 g/mol. The summed E-state index contributed by atoms with van der Waals surface area (Å²) in [5.41, 5.74) is 3.03. The second kappa shape index (κ2) is 5.53. The standard InChI is InChI=1S/C15H16N8/c1-15(2,3)23-9-18-12-6-11(4-5-13(12)23)17-8-10(7-16)14-19-21-22-20-14/h4-6,8-9,17H,1-3H3,(H,19,20,21,22). The lowest BCUT2D eigenvalue weighted by atomic mass is 10.1. The Morgan fingerprint density at radius 1 is 1.39 bits per heavy atom. The molecule has 0 atom stereocenters. The largest absolute Gasteiger partial charge is 0.360 e. The van der Waals surface area contributed by atoms with Crippen LogP contribution >= 0.6 is 0 Å². The van der Waals surface area contributed by atoms with Crippen LogP contribution in [0, 0.1) is 11.3 Å². The third kappa shape index (κ3) is 2.89. The molecule has 23 heavy (non-hydrogen) atoms. The summed E-state index contributed by atoms with van der Waals surface area (Å²) in [4.78, 5) is 4.44. The number of hydrogen-bond donors (Lipinski definition) is 2. The molecule has 0 radical (unpaired) electrons. The summed E-state index contributed by atoms with van der Waals surface area (Å²) in [7, 11) is 0. The number of anilines is 1. The minimum absolute atomic E-state index is 0.0316. The number of nitriles is 1. The zero-order valence-electron chi connectivity index (χ0n) is 13.1. The molecular weight excluding hydrogens is 292 g/mol. The minimum atomic E-state index is -0.0316. The molecular formula is C15H16N8. The van der Waals surface area contributed by atoms with Crippen LogP contribution in [0.2, 0.25) is 0 Å². The summed E-state index contributed by atoms with van der Waals surface area (Å²) in [6.45, 7) is 6.40. The van der Waals surface area contributed by atoms with E-state index in [2.05, 4.69) is 56.3 Å². The fourth-order valence-corrected chi connectivity index (χ4v) is 2.22. The summed E-state index contributed by atoms with van der Waals surface area (Å²) in [6.07, 6.45) is 3.39. The van der Waals surface area contributed by atoms with Gasteiger partial charge in [0, 0.05) is 17.4 Å². The van der Waals surface area contributed by atoms with E-state index in [-0.39, 0.29) is 11.4 Å². The molecule has 0 amide bonds. The second-order valence-electron chi connectivity index (χ2n) is 6.04. The highest BCUT2D eigenvalue weighted by molar-refractivity contribution is 5.81. The van der Waals surface area contributed by atoms with E-state index in [0.717, 1.165) is 16.7 Å². The molecule has 3 aromatic rings. The molecule has 0 fully saturated rings. The number of benzene rings is 1. The Morgan fingerprint density at radius 3 is 2.87 bits per heavy atom. The molecule has 8 nitrogen and oxygen atoms in total.